The molecule has 10 heteroatoms. The van der Waals surface area contributed by atoms with E-state index in [9.17, 15) is 13.2 Å². The minimum atomic E-state index is -3.49. The fourth-order valence-electron chi connectivity index (χ4n) is 3.17. The molecule has 2 N–H and O–H groups in total. The van der Waals surface area contributed by atoms with Gasteiger partial charge in [0.2, 0.25) is 15.9 Å². The van der Waals surface area contributed by atoms with Gasteiger partial charge in [-0.25, -0.2) is 13.1 Å². The zero-order valence-corrected chi connectivity index (χ0v) is 22.4. The van der Waals surface area contributed by atoms with Gasteiger partial charge in [0, 0.05) is 11.6 Å². The van der Waals surface area contributed by atoms with Crippen LogP contribution < -0.4 is 24.2 Å². The molecule has 1 amide bonds. The first kappa shape index (κ1) is 28.7. The van der Waals surface area contributed by atoms with Crippen LogP contribution in [0.3, 0.4) is 0 Å². The molecule has 0 fully saturated rings. The summed E-state index contributed by atoms with van der Waals surface area (Å²) in [4.78, 5) is 12.5. The number of benzene rings is 2. The van der Waals surface area contributed by atoms with Gasteiger partial charge in [0.15, 0.2) is 11.5 Å². The number of hydrogen-bond donors (Lipinski definition) is 2. The van der Waals surface area contributed by atoms with Gasteiger partial charge in [0.25, 0.3) is 0 Å². The number of sulfonamides is 1. The van der Waals surface area contributed by atoms with Crippen molar-refractivity contribution in [1.82, 2.24) is 10.0 Å². The van der Waals surface area contributed by atoms with Crippen LogP contribution in [0, 0.1) is 5.92 Å². The Labute approximate surface area is 213 Å². The Morgan fingerprint density at radius 2 is 1.74 bits per heavy atom. The molecule has 0 aliphatic heterocycles. The highest BCUT2D eigenvalue weighted by Gasteiger charge is 2.26. The third-order valence-corrected chi connectivity index (χ3v) is 6.83. The summed E-state index contributed by atoms with van der Waals surface area (Å²) in [5, 5.41) is 3.46. The Hall–Kier alpha value is -2.49. The lowest BCUT2D eigenvalue weighted by atomic mass is 10.0. The number of amides is 1. The van der Waals surface area contributed by atoms with Gasteiger partial charge < -0.3 is 19.5 Å². The molecular weight excluding hydrogens is 492 g/mol. The summed E-state index contributed by atoms with van der Waals surface area (Å²) in [5.41, 5.74) is 0.940. The number of hydrogen-bond acceptors (Lipinski definition) is 6. The van der Waals surface area contributed by atoms with Crippen molar-refractivity contribution in [2.45, 2.75) is 46.3 Å². The first-order valence-electron chi connectivity index (χ1n) is 11.5. The van der Waals surface area contributed by atoms with Crippen LogP contribution in [0.5, 0.6) is 17.2 Å². The van der Waals surface area contributed by atoms with Crippen molar-refractivity contribution in [3.05, 3.63) is 53.1 Å². The largest absolute Gasteiger partial charge is 0.493 e. The van der Waals surface area contributed by atoms with E-state index in [0.717, 1.165) is 5.56 Å². The standard InChI is InChI=1S/C25H35ClN2O6S/c1-6-35(30,31)28-24(17(2)3)25(29)27-14-13-19-7-12-22(23(15-19)32-5)34-18(4)16-33-21-10-8-20(26)9-11-21/h7-12,15,17-18,24,28H,6,13-14,16H2,1-5H3,(H,27,29)/t18?,24-/m0/s1. The second-order valence-corrected chi connectivity index (χ2v) is 10.9. The van der Waals surface area contributed by atoms with Gasteiger partial charge in [-0.1, -0.05) is 31.5 Å². The van der Waals surface area contributed by atoms with Gasteiger partial charge in [-0.3, -0.25) is 4.79 Å². The number of nitrogens with one attached hydrogen (secondary N) is 2. The lowest BCUT2D eigenvalue weighted by Crippen LogP contribution is -2.50. The molecule has 8 nitrogen and oxygen atoms in total. The molecule has 0 aliphatic rings. The van der Waals surface area contributed by atoms with Crippen LogP contribution in [0.4, 0.5) is 0 Å². The summed E-state index contributed by atoms with van der Waals surface area (Å²) < 4.78 is 43.4. The number of rotatable bonds is 14. The van der Waals surface area contributed by atoms with Crippen LogP contribution in [-0.2, 0) is 21.2 Å². The normalized spacial score (nSPS) is 13.2. The lowest BCUT2D eigenvalue weighted by molar-refractivity contribution is -0.123. The fourth-order valence-corrected chi connectivity index (χ4v) is 4.23. The highest BCUT2D eigenvalue weighted by Crippen LogP contribution is 2.29. The first-order valence-corrected chi connectivity index (χ1v) is 13.6. The van der Waals surface area contributed by atoms with Crippen LogP contribution >= 0.6 is 11.6 Å². The monoisotopic (exact) mass is 526 g/mol. The Kier molecular flexibility index (Phi) is 11.1. The fraction of sp³-hybridized carbons (Fsp3) is 0.480. The summed E-state index contributed by atoms with van der Waals surface area (Å²) >= 11 is 5.89. The van der Waals surface area contributed by atoms with Crippen molar-refractivity contribution < 1.29 is 27.4 Å². The van der Waals surface area contributed by atoms with Crippen molar-refractivity contribution >= 4 is 27.5 Å². The van der Waals surface area contributed by atoms with Gasteiger partial charge in [-0.2, -0.15) is 0 Å². The van der Waals surface area contributed by atoms with Crippen molar-refractivity contribution in [3.63, 3.8) is 0 Å². The van der Waals surface area contributed by atoms with Gasteiger partial charge in [-0.05, 0) is 68.1 Å². The van der Waals surface area contributed by atoms with Gasteiger partial charge >= 0.3 is 0 Å². The average Bonchev–Trinajstić information content (AvgIpc) is 2.82. The number of carbonyl (C=O) groups is 1. The van der Waals surface area contributed by atoms with Crippen molar-refractivity contribution in [3.8, 4) is 17.2 Å². The van der Waals surface area contributed by atoms with E-state index in [1.54, 1.807) is 45.2 Å². The molecule has 0 aromatic heterocycles. The Morgan fingerprint density at radius 3 is 2.34 bits per heavy atom. The minimum absolute atomic E-state index is 0.0798. The van der Waals surface area contributed by atoms with Crippen LogP contribution in [-0.4, -0.2) is 52.5 Å². The highest BCUT2D eigenvalue weighted by molar-refractivity contribution is 7.89. The van der Waals surface area contributed by atoms with E-state index >= 15 is 0 Å². The second kappa shape index (κ2) is 13.6. The molecule has 0 aliphatic carbocycles. The van der Waals surface area contributed by atoms with Crippen LogP contribution in [0.2, 0.25) is 5.02 Å². The topological polar surface area (TPSA) is 103 Å². The predicted octanol–water partition coefficient (Wildman–Crippen LogP) is 3.82. The van der Waals surface area contributed by atoms with Crippen molar-refractivity contribution in [1.29, 1.82) is 0 Å². The molecule has 2 aromatic rings. The maximum absolute atomic E-state index is 12.5. The number of carbonyl (C=O) groups excluding carboxylic acids is 1. The summed E-state index contributed by atoms with van der Waals surface area (Å²) in [6, 6.07) is 11.9. The molecule has 2 rings (SSSR count). The quantitative estimate of drug-likeness (QED) is 0.388. The maximum Gasteiger partial charge on any atom is 0.238 e. The molecule has 194 valence electrons. The summed E-state index contributed by atoms with van der Waals surface area (Å²) in [5.74, 6) is 1.25. The minimum Gasteiger partial charge on any atom is -0.493 e. The molecule has 0 radical (unpaired) electrons. The molecular formula is C25H35ClN2O6S. The highest BCUT2D eigenvalue weighted by atomic mass is 35.5. The van der Waals surface area contributed by atoms with E-state index in [2.05, 4.69) is 10.0 Å². The summed E-state index contributed by atoms with van der Waals surface area (Å²) in [6.45, 7) is 7.73. The molecule has 2 aromatic carbocycles. The molecule has 0 spiro atoms. The van der Waals surface area contributed by atoms with Gasteiger partial charge in [0.05, 0.1) is 12.9 Å². The third-order valence-electron chi connectivity index (χ3n) is 5.20. The van der Waals surface area contributed by atoms with E-state index in [1.165, 1.54) is 6.92 Å². The Morgan fingerprint density at radius 1 is 1.06 bits per heavy atom. The summed E-state index contributed by atoms with van der Waals surface area (Å²) in [6.07, 6.45) is 0.313. The number of ether oxygens (including phenoxy) is 3. The van der Waals surface area contributed by atoms with Crippen LogP contribution in [0.1, 0.15) is 33.3 Å². The van der Waals surface area contributed by atoms with Crippen LogP contribution in [0.25, 0.3) is 0 Å². The molecule has 0 saturated heterocycles. The number of halogens is 1. The SMILES string of the molecule is CCS(=O)(=O)N[C@H](C(=O)NCCc1ccc(OC(C)COc2ccc(Cl)cc2)c(OC)c1)C(C)C. The van der Waals surface area contributed by atoms with Crippen LogP contribution in [0.15, 0.2) is 42.5 Å². The van der Waals surface area contributed by atoms with Crippen molar-refractivity contribution in [2.24, 2.45) is 5.92 Å². The predicted molar refractivity (Wildman–Crippen MR) is 138 cm³/mol. The van der Waals surface area contributed by atoms with Gasteiger partial charge in [0.1, 0.15) is 24.5 Å². The molecule has 35 heavy (non-hydrogen) atoms. The molecule has 0 heterocycles. The molecule has 2 atom stereocenters. The van der Waals surface area contributed by atoms with Gasteiger partial charge in [-0.15, -0.1) is 0 Å². The average molecular weight is 527 g/mol. The van der Waals surface area contributed by atoms with E-state index in [4.69, 9.17) is 25.8 Å². The molecule has 0 saturated carbocycles. The molecule has 1 unspecified atom stereocenters. The van der Waals surface area contributed by atoms with E-state index in [0.29, 0.717) is 41.8 Å². The van der Waals surface area contributed by atoms with E-state index in [1.807, 2.05) is 25.1 Å². The zero-order chi connectivity index (χ0) is 26.0. The zero-order valence-electron chi connectivity index (χ0n) is 20.8. The maximum atomic E-state index is 12.5. The van der Waals surface area contributed by atoms with E-state index < -0.39 is 16.1 Å². The molecule has 0 bridgehead atoms. The summed E-state index contributed by atoms with van der Waals surface area (Å²) in [7, 11) is -1.92. The Bertz CT molecular complexity index is 1060. The third kappa shape index (κ3) is 9.58. The van der Waals surface area contributed by atoms with E-state index in [-0.39, 0.29) is 23.7 Å². The smallest absolute Gasteiger partial charge is 0.238 e. The first-order chi connectivity index (χ1) is 16.5. The second-order valence-electron chi connectivity index (χ2n) is 8.46. The Balaban J connectivity index is 1.90. The van der Waals surface area contributed by atoms with Crippen molar-refractivity contribution in [2.75, 3.05) is 26.0 Å². The lowest BCUT2D eigenvalue weighted by Gasteiger charge is -2.21. The number of methoxy groups -OCH3 is 1.